The second-order valence-corrected chi connectivity index (χ2v) is 6.32. The van der Waals surface area contributed by atoms with Gasteiger partial charge in [-0.05, 0) is 41.5 Å². The van der Waals surface area contributed by atoms with Crippen LogP contribution in [0.5, 0.6) is 5.75 Å². The number of aromatic amines is 1. The maximum Gasteiger partial charge on any atom is 0.262 e. The normalized spacial score (nSPS) is 12.1. The lowest BCUT2D eigenvalue weighted by Crippen LogP contribution is -2.46. The molecule has 1 atom stereocenters. The Morgan fingerprint density at radius 3 is 2.64 bits per heavy atom. The predicted molar refractivity (Wildman–Crippen MR) is 108 cm³/mol. The quantitative estimate of drug-likeness (QED) is 0.435. The number of para-hydroxylation sites is 1. The molecule has 28 heavy (non-hydrogen) atoms. The van der Waals surface area contributed by atoms with Crippen LogP contribution in [0.3, 0.4) is 0 Å². The number of carbonyl (C=O) groups excluding carboxylic acids is 2. The first-order valence-corrected chi connectivity index (χ1v) is 8.86. The van der Waals surface area contributed by atoms with E-state index in [1.165, 1.54) is 13.1 Å². The van der Waals surface area contributed by atoms with Gasteiger partial charge in [-0.25, -0.2) is 5.43 Å². The molecule has 7 nitrogen and oxygen atoms in total. The summed E-state index contributed by atoms with van der Waals surface area (Å²) in [6.45, 7) is 1.39. The molecular weight excluding hydrogens is 356 g/mol. The molecule has 3 N–H and O–H groups in total. The minimum absolute atomic E-state index is 0.279. The zero-order valence-electron chi connectivity index (χ0n) is 15.7. The number of fused-ring (bicyclic) bond motifs is 1. The van der Waals surface area contributed by atoms with Gasteiger partial charge < -0.3 is 15.0 Å². The molecular formula is C21H22N4O3. The molecule has 2 amide bonds. The van der Waals surface area contributed by atoms with E-state index in [-0.39, 0.29) is 11.8 Å². The number of amides is 2. The summed E-state index contributed by atoms with van der Waals surface area (Å²) >= 11 is 0. The minimum Gasteiger partial charge on any atom is -0.497 e. The van der Waals surface area contributed by atoms with Crippen LogP contribution < -0.4 is 15.5 Å². The molecule has 0 aliphatic rings. The number of hydrogen-bond acceptors (Lipinski definition) is 4. The molecule has 0 unspecified atom stereocenters. The van der Waals surface area contributed by atoms with Crippen LogP contribution in [0, 0.1) is 0 Å². The van der Waals surface area contributed by atoms with Gasteiger partial charge in [-0.1, -0.05) is 18.2 Å². The fourth-order valence-electron chi connectivity index (χ4n) is 2.91. The van der Waals surface area contributed by atoms with Gasteiger partial charge in [-0.2, -0.15) is 5.10 Å². The van der Waals surface area contributed by atoms with Crippen LogP contribution in [-0.4, -0.2) is 36.2 Å². The number of nitrogens with one attached hydrogen (secondary N) is 3. The number of benzene rings is 2. The van der Waals surface area contributed by atoms with Gasteiger partial charge in [-0.3, -0.25) is 9.59 Å². The summed E-state index contributed by atoms with van der Waals surface area (Å²) in [5, 5.41) is 7.70. The molecule has 1 heterocycles. The van der Waals surface area contributed by atoms with Gasteiger partial charge in [0, 0.05) is 30.4 Å². The summed E-state index contributed by atoms with van der Waals surface area (Å²) in [5.74, 6) is 0.0787. The molecule has 0 fully saturated rings. The molecule has 2 aromatic carbocycles. The molecule has 3 aromatic rings. The van der Waals surface area contributed by atoms with E-state index in [0.29, 0.717) is 6.42 Å². The minimum atomic E-state index is -0.732. The molecule has 0 spiro atoms. The van der Waals surface area contributed by atoms with Crippen LogP contribution in [-0.2, 0) is 16.0 Å². The Morgan fingerprint density at radius 2 is 1.93 bits per heavy atom. The molecule has 0 saturated carbocycles. The fraction of sp³-hybridized carbons (Fsp3) is 0.190. The predicted octanol–water partition coefficient (Wildman–Crippen LogP) is 2.37. The van der Waals surface area contributed by atoms with Crippen molar-refractivity contribution >= 4 is 28.9 Å². The monoisotopic (exact) mass is 378 g/mol. The summed E-state index contributed by atoms with van der Waals surface area (Å²) in [4.78, 5) is 27.3. The van der Waals surface area contributed by atoms with Crippen molar-refractivity contribution in [2.45, 2.75) is 19.4 Å². The first-order chi connectivity index (χ1) is 13.6. The Hall–Kier alpha value is -3.61. The first-order valence-electron chi connectivity index (χ1n) is 8.86. The van der Waals surface area contributed by atoms with Crippen molar-refractivity contribution < 1.29 is 14.3 Å². The highest BCUT2D eigenvalue weighted by Crippen LogP contribution is 2.19. The van der Waals surface area contributed by atoms with Crippen molar-refractivity contribution in [3.05, 3.63) is 65.9 Å². The number of H-pyrrole nitrogens is 1. The van der Waals surface area contributed by atoms with Crippen LogP contribution >= 0.6 is 0 Å². The summed E-state index contributed by atoms with van der Waals surface area (Å²) in [6, 6.07) is 14.3. The Bertz CT molecular complexity index is 992. The Balaban J connectivity index is 1.68. The number of carbonyl (C=O) groups is 2. The number of methoxy groups -OCH3 is 1. The summed E-state index contributed by atoms with van der Waals surface area (Å²) in [7, 11) is 1.60. The van der Waals surface area contributed by atoms with Crippen LogP contribution in [0.1, 0.15) is 18.1 Å². The third-order valence-electron chi connectivity index (χ3n) is 4.30. The zero-order valence-corrected chi connectivity index (χ0v) is 15.7. The molecule has 3 rings (SSSR count). The van der Waals surface area contributed by atoms with E-state index in [0.717, 1.165) is 27.8 Å². The lowest BCUT2D eigenvalue weighted by Gasteiger charge is -2.15. The van der Waals surface area contributed by atoms with E-state index in [4.69, 9.17) is 4.74 Å². The van der Waals surface area contributed by atoms with Gasteiger partial charge in [0.15, 0.2) is 0 Å². The second kappa shape index (κ2) is 8.85. The second-order valence-electron chi connectivity index (χ2n) is 6.32. The molecule has 7 heteroatoms. The van der Waals surface area contributed by atoms with Crippen molar-refractivity contribution in [2.75, 3.05) is 7.11 Å². The first kappa shape index (κ1) is 19.2. The van der Waals surface area contributed by atoms with Crippen molar-refractivity contribution in [3.8, 4) is 5.75 Å². The van der Waals surface area contributed by atoms with E-state index in [1.54, 1.807) is 19.2 Å². The zero-order chi connectivity index (χ0) is 19.9. The number of hydrogen-bond donors (Lipinski definition) is 3. The van der Waals surface area contributed by atoms with Gasteiger partial charge in [0.1, 0.15) is 11.8 Å². The third-order valence-corrected chi connectivity index (χ3v) is 4.30. The van der Waals surface area contributed by atoms with E-state index < -0.39 is 6.04 Å². The van der Waals surface area contributed by atoms with Gasteiger partial charge >= 0.3 is 0 Å². The summed E-state index contributed by atoms with van der Waals surface area (Å²) in [6.07, 6.45) is 3.74. The van der Waals surface area contributed by atoms with Gasteiger partial charge in [0.05, 0.1) is 13.3 Å². The van der Waals surface area contributed by atoms with Crippen molar-refractivity contribution in [1.82, 2.24) is 15.7 Å². The van der Waals surface area contributed by atoms with E-state index in [1.807, 2.05) is 42.6 Å². The van der Waals surface area contributed by atoms with E-state index in [9.17, 15) is 9.59 Å². The van der Waals surface area contributed by atoms with Crippen LogP contribution in [0.2, 0.25) is 0 Å². The lowest BCUT2D eigenvalue weighted by atomic mass is 10.0. The van der Waals surface area contributed by atoms with Crippen LogP contribution in [0.25, 0.3) is 10.9 Å². The standard InChI is InChI=1S/C21H22N4O3/c1-14(26)24-20(11-16-13-22-19-6-4-3-5-18(16)19)21(27)25-23-12-15-7-9-17(28-2)10-8-15/h3-10,12-13,20,22H,11H2,1-2H3,(H,24,26)(H,25,27)/b23-12-/t20-/m1/s1. The highest BCUT2D eigenvalue weighted by Gasteiger charge is 2.21. The number of hydrazone groups is 1. The molecule has 0 saturated heterocycles. The Kier molecular flexibility index (Phi) is 6.06. The average molecular weight is 378 g/mol. The number of ether oxygens (including phenoxy) is 1. The fourth-order valence-corrected chi connectivity index (χ4v) is 2.91. The molecule has 0 aliphatic heterocycles. The lowest BCUT2D eigenvalue weighted by molar-refractivity contribution is -0.128. The Labute approximate surface area is 162 Å². The molecule has 0 bridgehead atoms. The van der Waals surface area contributed by atoms with Crippen molar-refractivity contribution in [3.63, 3.8) is 0 Å². The van der Waals surface area contributed by atoms with E-state index in [2.05, 4.69) is 20.8 Å². The largest absolute Gasteiger partial charge is 0.497 e. The van der Waals surface area contributed by atoms with Gasteiger partial charge in [0.2, 0.25) is 5.91 Å². The van der Waals surface area contributed by atoms with E-state index >= 15 is 0 Å². The summed E-state index contributed by atoms with van der Waals surface area (Å²) in [5.41, 5.74) is 5.24. The van der Waals surface area contributed by atoms with Crippen LogP contribution in [0.15, 0.2) is 59.8 Å². The number of aromatic nitrogens is 1. The molecule has 0 aliphatic carbocycles. The Morgan fingerprint density at radius 1 is 1.18 bits per heavy atom. The van der Waals surface area contributed by atoms with Crippen molar-refractivity contribution in [2.24, 2.45) is 5.10 Å². The highest BCUT2D eigenvalue weighted by molar-refractivity contribution is 5.90. The average Bonchev–Trinajstić information content (AvgIpc) is 3.10. The number of nitrogens with zero attached hydrogens (tertiary/aromatic N) is 1. The van der Waals surface area contributed by atoms with Crippen LogP contribution in [0.4, 0.5) is 0 Å². The summed E-state index contributed by atoms with van der Waals surface area (Å²) < 4.78 is 5.10. The maximum absolute atomic E-state index is 12.6. The third kappa shape index (κ3) is 4.76. The SMILES string of the molecule is COc1ccc(/C=N\NC(=O)[C@@H](Cc2c[nH]c3ccccc23)NC(C)=O)cc1. The van der Waals surface area contributed by atoms with Gasteiger partial charge in [-0.15, -0.1) is 0 Å². The smallest absolute Gasteiger partial charge is 0.262 e. The molecule has 0 radical (unpaired) electrons. The number of rotatable bonds is 7. The molecule has 144 valence electrons. The van der Waals surface area contributed by atoms with Gasteiger partial charge in [0.25, 0.3) is 5.91 Å². The topological polar surface area (TPSA) is 95.6 Å². The highest BCUT2D eigenvalue weighted by atomic mass is 16.5. The van der Waals surface area contributed by atoms with Crippen molar-refractivity contribution in [1.29, 1.82) is 0 Å². The molecule has 1 aromatic heterocycles. The maximum atomic E-state index is 12.6.